The molecule has 1 aliphatic heterocycles. The molecule has 0 aliphatic carbocycles. The van der Waals surface area contributed by atoms with Crippen molar-refractivity contribution in [2.45, 2.75) is 0 Å². The van der Waals surface area contributed by atoms with Crippen molar-refractivity contribution < 1.29 is 9.94 Å². The van der Waals surface area contributed by atoms with E-state index in [1.165, 1.54) is 0 Å². The maximum absolute atomic E-state index is 9.04. The maximum Gasteiger partial charge on any atom is 0.127 e. The van der Waals surface area contributed by atoms with Gasteiger partial charge >= 0.3 is 0 Å². The third kappa shape index (κ3) is 1.55. The van der Waals surface area contributed by atoms with Crippen LogP contribution >= 0.6 is 0 Å². The predicted octanol–water partition coefficient (Wildman–Crippen LogP) is 1.03. The Morgan fingerprint density at radius 1 is 1.38 bits per heavy atom. The topological polar surface area (TPSA) is 41.8 Å². The molecule has 1 N–H and O–H groups in total. The fraction of sp³-hybridized carbons (Fsp3) is 0.300. The summed E-state index contributed by atoms with van der Waals surface area (Å²) in [5, 5.41) is 13.0. The van der Waals surface area contributed by atoms with Crippen LogP contribution in [0.25, 0.3) is 0 Å². The van der Waals surface area contributed by atoms with E-state index in [1.807, 2.05) is 30.3 Å². The summed E-state index contributed by atoms with van der Waals surface area (Å²) in [6, 6.07) is 9.79. The molecule has 0 bridgehead atoms. The van der Waals surface area contributed by atoms with Crippen LogP contribution in [0.4, 0.5) is 0 Å². The number of aliphatic hydroxyl groups is 1. The van der Waals surface area contributed by atoms with Gasteiger partial charge in [0.1, 0.15) is 6.61 Å². The molecule has 0 saturated heterocycles. The molecule has 1 atom stereocenters. The van der Waals surface area contributed by atoms with Crippen molar-refractivity contribution in [3.8, 4) is 0 Å². The first kappa shape index (κ1) is 8.26. The van der Waals surface area contributed by atoms with Crippen molar-refractivity contribution in [3.63, 3.8) is 0 Å². The molecule has 0 amide bonds. The van der Waals surface area contributed by atoms with Gasteiger partial charge in [-0.1, -0.05) is 35.5 Å². The van der Waals surface area contributed by atoms with Gasteiger partial charge in [0.05, 0.1) is 18.2 Å². The zero-order valence-electron chi connectivity index (χ0n) is 7.18. The number of nitrogens with zero attached hydrogens (tertiary/aromatic N) is 1. The number of hydrogen-bond donors (Lipinski definition) is 1. The van der Waals surface area contributed by atoms with Crippen LogP contribution in [0.2, 0.25) is 0 Å². The van der Waals surface area contributed by atoms with E-state index < -0.39 is 0 Å². The van der Waals surface area contributed by atoms with Crippen molar-refractivity contribution in [1.29, 1.82) is 0 Å². The smallest absolute Gasteiger partial charge is 0.127 e. The van der Waals surface area contributed by atoms with E-state index in [0.717, 1.165) is 11.3 Å². The fourth-order valence-electron chi connectivity index (χ4n) is 1.39. The van der Waals surface area contributed by atoms with E-state index in [1.54, 1.807) is 0 Å². The summed E-state index contributed by atoms with van der Waals surface area (Å²) in [5.74, 6) is 0.0300. The number of rotatable bonds is 2. The number of benzene rings is 1. The van der Waals surface area contributed by atoms with Gasteiger partial charge in [0, 0.05) is 0 Å². The van der Waals surface area contributed by atoms with E-state index >= 15 is 0 Å². The Morgan fingerprint density at radius 3 is 2.85 bits per heavy atom. The molecule has 1 aliphatic rings. The van der Waals surface area contributed by atoms with Gasteiger partial charge in [0.2, 0.25) is 0 Å². The Hall–Kier alpha value is -1.35. The van der Waals surface area contributed by atoms with Gasteiger partial charge < -0.3 is 9.94 Å². The van der Waals surface area contributed by atoms with Gasteiger partial charge in [-0.05, 0) is 5.56 Å². The quantitative estimate of drug-likeness (QED) is 0.733. The molecule has 0 aromatic heterocycles. The highest BCUT2D eigenvalue weighted by Crippen LogP contribution is 2.16. The first-order chi connectivity index (χ1) is 6.42. The van der Waals surface area contributed by atoms with Crippen LogP contribution in [-0.2, 0) is 4.84 Å². The van der Waals surface area contributed by atoms with Crippen molar-refractivity contribution in [2.24, 2.45) is 11.1 Å². The lowest BCUT2D eigenvalue weighted by molar-refractivity contribution is 0.132. The SMILES string of the molecule is OC[C@H]1CON=C1c1ccccc1. The first-order valence-electron chi connectivity index (χ1n) is 4.28. The Balaban J connectivity index is 2.26. The molecule has 3 nitrogen and oxygen atoms in total. The van der Waals surface area contributed by atoms with Crippen molar-refractivity contribution in [1.82, 2.24) is 0 Å². The molecule has 3 heteroatoms. The molecule has 0 fully saturated rings. The minimum absolute atomic E-state index is 0.0300. The second kappa shape index (κ2) is 3.58. The van der Waals surface area contributed by atoms with Crippen LogP contribution in [0.15, 0.2) is 35.5 Å². The minimum atomic E-state index is 0.0300. The number of oxime groups is 1. The highest BCUT2D eigenvalue weighted by molar-refractivity contribution is 6.02. The number of aliphatic hydroxyl groups excluding tert-OH is 1. The normalized spacial score (nSPS) is 21.0. The molecule has 0 radical (unpaired) electrons. The monoisotopic (exact) mass is 177 g/mol. The van der Waals surface area contributed by atoms with Gasteiger partial charge in [-0.15, -0.1) is 0 Å². The largest absolute Gasteiger partial charge is 0.396 e. The fourth-order valence-corrected chi connectivity index (χ4v) is 1.39. The molecule has 13 heavy (non-hydrogen) atoms. The molecule has 0 unspecified atom stereocenters. The van der Waals surface area contributed by atoms with Crippen molar-refractivity contribution >= 4 is 5.71 Å². The summed E-state index contributed by atoms with van der Waals surface area (Å²) in [6.45, 7) is 0.578. The Labute approximate surface area is 76.6 Å². The van der Waals surface area contributed by atoms with E-state index in [-0.39, 0.29) is 12.5 Å². The summed E-state index contributed by atoms with van der Waals surface area (Å²) in [6.07, 6.45) is 0. The van der Waals surface area contributed by atoms with Gasteiger partial charge in [0.15, 0.2) is 0 Å². The summed E-state index contributed by atoms with van der Waals surface area (Å²) in [5.41, 5.74) is 1.88. The molecule has 0 spiro atoms. The van der Waals surface area contributed by atoms with Crippen molar-refractivity contribution in [3.05, 3.63) is 35.9 Å². The summed E-state index contributed by atoms with van der Waals surface area (Å²) < 4.78 is 0. The van der Waals surface area contributed by atoms with E-state index in [0.29, 0.717) is 6.61 Å². The molecule has 1 heterocycles. The molecule has 2 rings (SSSR count). The van der Waals surface area contributed by atoms with Gasteiger partial charge in [0.25, 0.3) is 0 Å². The molecule has 1 aromatic carbocycles. The first-order valence-corrected chi connectivity index (χ1v) is 4.28. The predicted molar refractivity (Wildman–Crippen MR) is 49.5 cm³/mol. The minimum Gasteiger partial charge on any atom is -0.396 e. The summed E-state index contributed by atoms with van der Waals surface area (Å²) in [7, 11) is 0. The van der Waals surface area contributed by atoms with E-state index in [4.69, 9.17) is 9.94 Å². The van der Waals surface area contributed by atoms with Gasteiger partial charge in [-0.2, -0.15) is 0 Å². The van der Waals surface area contributed by atoms with Crippen molar-refractivity contribution in [2.75, 3.05) is 13.2 Å². The molecular weight excluding hydrogens is 166 g/mol. The van der Waals surface area contributed by atoms with E-state index in [2.05, 4.69) is 5.16 Å². The second-order valence-electron chi connectivity index (χ2n) is 3.02. The lowest BCUT2D eigenvalue weighted by Crippen LogP contribution is -2.18. The Bertz CT molecular complexity index is 308. The Kier molecular flexibility index (Phi) is 2.27. The van der Waals surface area contributed by atoms with E-state index in [9.17, 15) is 0 Å². The zero-order chi connectivity index (χ0) is 9.10. The highest BCUT2D eigenvalue weighted by Gasteiger charge is 2.23. The van der Waals surface area contributed by atoms with Crippen LogP contribution in [0.5, 0.6) is 0 Å². The third-order valence-corrected chi connectivity index (χ3v) is 2.12. The summed E-state index contributed by atoms with van der Waals surface area (Å²) in [4.78, 5) is 4.94. The highest BCUT2D eigenvalue weighted by atomic mass is 16.6. The average molecular weight is 177 g/mol. The molecule has 0 saturated carbocycles. The van der Waals surface area contributed by atoms with Crippen LogP contribution < -0.4 is 0 Å². The van der Waals surface area contributed by atoms with Crippen LogP contribution in [0.1, 0.15) is 5.56 Å². The molecule has 1 aromatic rings. The average Bonchev–Trinajstić information content (AvgIpc) is 2.67. The zero-order valence-corrected chi connectivity index (χ0v) is 7.18. The third-order valence-electron chi connectivity index (χ3n) is 2.12. The molecular formula is C10H11NO2. The summed E-state index contributed by atoms with van der Waals surface area (Å²) >= 11 is 0. The van der Waals surface area contributed by atoms with Gasteiger partial charge in [-0.25, -0.2) is 0 Å². The van der Waals surface area contributed by atoms with Crippen LogP contribution in [0, 0.1) is 5.92 Å². The Morgan fingerprint density at radius 2 is 2.15 bits per heavy atom. The van der Waals surface area contributed by atoms with Crippen LogP contribution in [-0.4, -0.2) is 24.0 Å². The van der Waals surface area contributed by atoms with Gasteiger partial charge in [-0.3, -0.25) is 0 Å². The lowest BCUT2D eigenvalue weighted by Gasteiger charge is -2.05. The second-order valence-corrected chi connectivity index (χ2v) is 3.02. The number of hydrogen-bond acceptors (Lipinski definition) is 3. The van der Waals surface area contributed by atoms with Crippen LogP contribution in [0.3, 0.4) is 0 Å². The molecule has 68 valence electrons. The standard InChI is InChI=1S/C10H11NO2/c12-6-9-7-13-11-10(9)8-4-2-1-3-5-8/h1-5,9,12H,6-7H2/t9-/m0/s1. The lowest BCUT2D eigenvalue weighted by atomic mass is 9.99. The maximum atomic E-state index is 9.04.